The Kier molecular flexibility index (Phi) is 3.93. The van der Waals surface area contributed by atoms with Crippen LogP contribution in [0.5, 0.6) is 0 Å². The summed E-state index contributed by atoms with van der Waals surface area (Å²) in [5, 5.41) is 9.09. The van der Waals surface area contributed by atoms with Crippen LogP contribution in [0.4, 0.5) is 0 Å². The van der Waals surface area contributed by atoms with E-state index in [1.165, 1.54) is 6.42 Å². The van der Waals surface area contributed by atoms with Crippen LogP contribution in [0.25, 0.3) is 0 Å². The molecular weight excluding hydrogens is 178 g/mol. The maximum atomic E-state index is 11.0. The largest absolute Gasteiger partial charge is 0.480 e. The third-order valence-electron chi connectivity index (χ3n) is 3.49. The van der Waals surface area contributed by atoms with Gasteiger partial charge in [0.05, 0.1) is 0 Å². The van der Waals surface area contributed by atoms with Crippen LogP contribution in [-0.2, 0) is 4.79 Å². The average Bonchev–Trinajstić information content (AvgIpc) is 2.13. The zero-order valence-corrected chi connectivity index (χ0v) is 9.36. The summed E-state index contributed by atoms with van der Waals surface area (Å²) in [6, 6.07) is 0.123. The van der Waals surface area contributed by atoms with Crippen LogP contribution < -0.4 is 0 Å². The van der Waals surface area contributed by atoms with E-state index in [9.17, 15) is 4.79 Å². The molecule has 1 aliphatic rings. The lowest BCUT2D eigenvalue weighted by molar-refractivity contribution is -0.145. The van der Waals surface area contributed by atoms with Gasteiger partial charge < -0.3 is 5.11 Å². The second-order valence-electron chi connectivity index (χ2n) is 4.36. The van der Waals surface area contributed by atoms with Crippen LogP contribution in [0.15, 0.2) is 0 Å². The predicted molar refractivity (Wildman–Crippen MR) is 56.3 cm³/mol. The fraction of sp³-hybridized carbons (Fsp3) is 0.909. The van der Waals surface area contributed by atoms with E-state index in [-0.39, 0.29) is 6.04 Å². The highest BCUT2D eigenvalue weighted by atomic mass is 16.4. The number of carbonyl (C=O) groups is 1. The molecule has 0 aromatic rings. The van der Waals surface area contributed by atoms with E-state index < -0.39 is 5.97 Å². The molecule has 0 radical (unpaired) electrons. The minimum absolute atomic E-state index is 0.284. The minimum Gasteiger partial charge on any atom is -0.480 e. The first kappa shape index (κ1) is 11.5. The van der Waals surface area contributed by atoms with Crippen LogP contribution in [-0.4, -0.2) is 34.6 Å². The van der Waals surface area contributed by atoms with E-state index in [0.29, 0.717) is 18.4 Å². The summed E-state index contributed by atoms with van der Waals surface area (Å²) in [6.07, 6.45) is 3.06. The molecule has 14 heavy (non-hydrogen) atoms. The van der Waals surface area contributed by atoms with E-state index in [0.717, 1.165) is 13.0 Å². The molecule has 1 aliphatic heterocycles. The van der Waals surface area contributed by atoms with Gasteiger partial charge in [-0.15, -0.1) is 0 Å². The molecule has 1 fully saturated rings. The summed E-state index contributed by atoms with van der Waals surface area (Å²) < 4.78 is 0. The molecule has 0 saturated carbocycles. The Morgan fingerprint density at radius 3 is 2.71 bits per heavy atom. The Hall–Kier alpha value is -0.570. The van der Waals surface area contributed by atoms with Crippen LogP contribution in [0.1, 0.15) is 40.0 Å². The molecule has 0 aliphatic carbocycles. The molecule has 3 heteroatoms. The molecule has 3 unspecified atom stereocenters. The highest BCUT2D eigenvalue weighted by Gasteiger charge is 2.32. The van der Waals surface area contributed by atoms with Gasteiger partial charge >= 0.3 is 5.97 Å². The van der Waals surface area contributed by atoms with Gasteiger partial charge in [-0.1, -0.05) is 13.8 Å². The SMILES string of the molecule is CCC(C(=O)O)N1CCCC(C)C1C. The highest BCUT2D eigenvalue weighted by molar-refractivity contribution is 5.73. The van der Waals surface area contributed by atoms with Gasteiger partial charge in [-0.05, 0) is 38.6 Å². The monoisotopic (exact) mass is 199 g/mol. The third-order valence-corrected chi connectivity index (χ3v) is 3.49. The molecular formula is C11H21NO2. The standard InChI is InChI=1S/C11H21NO2/c1-4-10(11(13)14)12-7-5-6-8(2)9(12)3/h8-10H,4-7H2,1-3H3,(H,13,14). The van der Waals surface area contributed by atoms with Crippen molar-refractivity contribution < 1.29 is 9.90 Å². The third kappa shape index (κ3) is 2.27. The van der Waals surface area contributed by atoms with Gasteiger partial charge in [0.15, 0.2) is 0 Å². The molecule has 82 valence electrons. The normalized spacial score (nSPS) is 31.4. The van der Waals surface area contributed by atoms with Gasteiger partial charge in [-0.2, -0.15) is 0 Å². The summed E-state index contributed by atoms with van der Waals surface area (Å²) in [5.74, 6) is -0.0504. The van der Waals surface area contributed by atoms with Crippen LogP contribution in [0, 0.1) is 5.92 Å². The minimum atomic E-state index is -0.673. The van der Waals surface area contributed by atoms with Crippen molar-refractivity contribution >= 4 is 5.97 Å². The summed E-state index contributed by atoms with van der Waals surface area (Å²) in [6.45, 7) is 7.25. The van der Waals surface area contributed by atoms with Crippen LogP contribution in [0.2, 0.25) is 0 Å². The van der Waals surface area contributed by atoms with Crippen molar-refractivity contribution in [1.29, 1.82) is 0 Å². The zero-order valence-electron chi connectivity index (χ0n) is 9.36. The molecule has 1 rings (SSSR count). The number of carboxylic acid groups (broad SMARTS) is 1. The lowest BCUT2D eigenvalue weighted by Crippen LogP contribution is -2.51. The first-order valence-electron chi connectivity index (χ1n) is 5.56. The Labute approximate surface area is 86.1 Å². The summed E-state index contributed by atoms with van der Waals surface area (Å²) >= 11 is 0. The lowest BCUT2D eigenvalue weighted by atomic mass is 9.90. The van der Waals surface area contributed by atoms with E-state index in [4.69, 9.17) is 5.11 Å². The van der Waals surface area contributed by atoms with Gasteiger partial charge in [0.25, 0.3) is 0 Å². The number of hydrogen-bond donors (Lipinski definition) is 1. The predicted octanol–water partition coefficient (Wildman–Crippen LogP) is 1.97. The molecule has 0 aromatic heterocycles. The second-order valence-corrected chi connectivity index (χ2v) is 4.36. The fourth-order valence-corrected chi connectivity index (χ4v) is 2.36. The Balaban J connectivity index is 2.68. The van der Waals surface area contributed by atoms with Crippen LogP contribution >= 0.6 is 0 Å². The molecule has 0 spiro atoms. The number of hydrogen-bond acceptors (Lipinski definition) is 2. The Morgan fingerprint density at radius 2 is 2.21 bits per heavy atom. The summed E-state index contributed by atoms with van der Waals surface area (Å²) in [4.78, 5) is 13.2. The molecule has 3 atom stereocenters. The molecule has 1 N–H and O–H groups in total. The number of piperidine rings is 1. The summed E-state index contributed by atoms with van der Waals surface area (Å²) in [5.41, 5.74) is 0. The smallest absolute Gasteiger partial charge is 0.320 e. The van der Waals surface area contributed by atoms with Crippen molar-refractivity contribution in [1.82, 2.24) is 4.90 Å². The van der Waals surface area contributed by atoms with E-state index in [2.05, 4.69) is 18.7 Å². The number of rotatable bonds is 3. The van der Waals surface area contributed by atoms with E-state index in [1.807, 2.05) is 6.92 Å². The quantitative estimate of drug-likeness (QED) is 0.755. The Bertz CT molecular complexity index is 205. The molecule has 1 heterocycles. The van der Waals surface area contributed by atoms with Crippen molar-refractivity contribution in [3.63, 3.8) is 0 Å². The topological polar surface area (TPSA) is 40.5 Å². The fourth-order valence-electron chi connectivity index (χ4n) is 2.36. The van der Waals surface area contributed by atoms with Crippen LogP contribution in [0.3, 0.4) is 0 Å². The molecule has 0 aromatic carbocycles. The van der Waals surface area contributed by atoms with Gasteiger partial charge in [-0.3, -0.25) is 9.69 Å². The highest BCUT2D eigenvalue weighted by Crippen LogP contribution is 2.25. The maximum absolute atomic E-state index is 11.0. The maximum Gasteiger partial charge on any atom is 0.320 e. The molecule has 3 nitrogen and oxygen atoms in total. The number of aliphatic carboxylic acids is 1. The zero-order chi connectivity index (χ0) is 10.7. The van der Waals surface area contributed by atoms with Gasteiger partial charge in [-0.25, -0.2) is 0 Å². The van der Waals surface area contributed by atoms with Crippen molar-refractivity contribution in [3.05, 3.63) is 0 Å². The van der Waals surface area contributed by atoms with Crippen molar-refractivity contribution in [3.8, 4) is 0 Å². The Morgan fingerprint density at radius 1 is 1.57 bits per heavy atom. The van der Waals surface area contributed by atoms with E-state index >= 15 is 0 Å². The van der Waals surface area contributed by atoms with Crippen molar-refractivity contribution in [2.45, 2.75) is 52.1 Å². The molecule has 1 saturated heterocycles. The number of nitrogens with zero attached hydrogens (tertiary/aromatic N) is 1. The van der Waals surface area contributed by atoms with Gasteiger partial charge in [0.1, 0.15) is 6.04 Å². The first-order chi connectivity index (χ1) is 6.57. The summed E-state index contributed by atoms with van der Waals surface area (Å²) in [7, 11) is 0. The van der Waals surface area contributed by atoms with Crippen molar-refractivity contribution in [2.75, 3.05) is 6.54 Å². The first-order valence-corrected chi connectivity index (χ1v) is 5.56. The molecule has 0 amide bonds. The van der Waals surface area contributed by atoms with E-state index in [1.54, 1.807) is 0 Å². The lowest BCUT2D eigenvalue weighted by Gasteiger charge is -2.41. The number of likely N-dealkylation sites (tertiary alicyclic amines) is 1. The second kappa shape index (κ2) is 4.78. The average molecular weight is 199 g/mol. The van der Waals surface area contributed by atoms with Gasteiger partial charge in [0, 0.05) is 6.04 Å². The van der Waals surface area contributed by atoms with Gasteiger partial charge in [0.2, 0.25) is 0 Å². The number of carboxylic acids is 1. The van der Waals surface area contributed by atoms with Crippen molar-refractivity contribution in [2.24, 2.45) is 5.92 Å². The molecule has 0 bridgehead atoms.